The number of furan rings is 1. The second-order valence-electron chi connectivity index (χ2n) is 4.02. The molecule has 0 aliphatic heterocycles. The van der Waals surface area contributed by atoms with Crippen molar-refractivity contribution in [2.45, 2.75) is 32.2 Å². The highest BCUT2D eigenvalue weighted by Crippen LogP contribution is 2.25. The Morgan fingerprint density at radius 3 is 2.58 bits per heavy atom. The number of ether oxygens (including phenoxy) is 1. The van der Waals surface area contributed by atoms with Gasteiger partial charge >= 0.3 is 5.97 Å². The lowest BCUT2D eigenvalue weighted by atomic mass is 10.1. The molecule has 1 heterocycles. The highest BCUT2D eigenvalue weighted by molar-refractivity contribution is 5.90. The van der Waals surface area contributed by atoms with E-state index in [1.807, 2.05) is 0 Å². The number of rotatable bonds is 6. The summed E-state index contributed by atoms with van der Waals surface area (Å²) in [5.74, 6) is -0.446. The minimum absolute atomic E-state index is 0.0828. The number of aryl methyl sites for hydroxylation is 1. The third kappa shape index (κ3) is 3.54. The molecule has 108 valence electrons. The van der Waals surface area contributed by atoms with Crippen LogP contribution in [0.4, 0.5) is 0 Å². The summed E-state index contributed by atoms with van der Waals surface area (Å²) in [7, 11) is 0. The molecule has 7 nitrogen and oxygen atoms in total. The normalized spacial score (nSPS) is 15.9. The average Bonchev–Trinajstić information content (AvgIpc) is 2.78. The van der Waals surface area contributed by atoms with Crippen molar-refractivity contribution in [2.75, 3.05) is 13.2 Å². The lowest BCUT2D eigenvalue weighted by molar-refractivity contribution is -0.0837. The van der Waals surface area contributed by atoms with Crippen LogP contribution in [0.5, 0.6) is 0 Å². The van der Waals surface area contributed by atoms with Crippen molar-refractivity contribution >= 4 is 5.97 Å². The summed E-state index contributed by atoms with van der Waals surface area (Å²) in [5, 5.41) is 37.2. The number of hydrogen-bond acceptors (Lipinski definition) is 7. The summed E-state index contributed by atoms with van der Waals surface area (Å²) >= 11 is 0. The third-order valence-electron chi connectivity index (χ3n) is 2.63. The molecule has 0 saturated heterocycles. The molecular weight excluding hydrogens is 256 g/mol. The molecule has 1 aromatic heterocycles. The van der Waals surface area contributed by atoms with Gasteiger partial charge in [-0.25, -0.2) is 4.79 Å². The highest BCUT2D eigenvalue weighted by atomic mass is 16.5. The summed E-state index contributed by atoms with van der Waals surface area (Å²) in [6, 6.07) is 1.24. The maximum absolute atomic E-state index is 11.5. The monoisotopic (exact) mass is 274 g/mol. The van der Waals surface area contributed by atoms with Crippen LogP contribution in [0.25, 0.3) is 0 Å². The lowest BCUT2D eigenvalue weighted by Gasteiger charge is -2.19. The van der Waals surface area contributed by atoms with E-state index in [0.29, 0.717) is 0 Å². The van der Waals surface area contributed by atoms with Crippen molar-refractivity contribution in [1.82, 2.24) is 0 Å². The Balaban J connectivity index is 2.91. The molecule has 0 spiro atoms. The highest BCUT2D eigenvalue weighted by Gasteiger charge is 2.29. The molecule has 0 amide bonds. The molecule has 0 aliphatic carbocycles. The predicted molar refractivity (Wildman–Crippen MR) is 63.5 cm³/mol. The van der Waals surface area contributed by atoms with Gasteiger partial charge in [0.25, 0.3) is 0 Å². The van der Waals surface area contributed by atoms with Crippen molar-refractivity contribution < 1.29 is 34.4 Å². The summed E-state index contributed by atoms with van der Waals surface area (Å²) in [6.07, 6.45) is -4.68. The number of aliphatic hydroxyl groups excluding tert-OH is 4. The van der Waals surface area contributed by atoms with Crippen LogP contribution in [0, 0.1) is 6.92 Å². The second kappa shape index (κ2) is 6.67. The summed E-state index contributed by atoms with van der Waals surface area (Å²) in [5.41, 5.74) is 0.140. The topological polar surface area (TPSA) is 120 Å². The van der Waals surface area contributed by atoms with Crippen molar-refractivity contribution in [2.24, 2.45) is 0 Å². The second-order valence-corrected chi connectivity index (χ2v) is 4.02. The van der Waals surface area contributed by atoms with Crippen LogP contribution in [-0.2, 0) is 4.74 Å². The van der Waals surface area contributed by atoms with Crippen LogP contribution >= 0.6 is 0 Å². The van der Waals surface area contributed by atoms with Gasteiger partial charge in [0.2, 0.25) is 0 Å². The summed E-state index contributed by atoms with van der Waals surface area (Å²) in [4.78, 5) is 11.5. The Morgan fingerprint density at radius 1 is 1.42 bits per heavy atom. The van der Waals surface area contributed by atoms with Crippen molar-refractivity contribution in [3.63, 3.8) is 0 Å². The minimum atomic E-state index is -1.62. The number of carbonyl (C=O) groups excluding carboxylic acids is 1. The molecule has 19 heavy (non-hydrogen) atoms. The Labute approximate surface area is 110 Å². The smallest absolute Gasteiger partial charge is 0.341 e. The fourth-order valence-corrected chi connectivity index (χ4v) is 1.55. The van der Waals surface area contributed by atoms with Crippen molar-refractivity contribution in [3.05, 3.63) is 23.2 Å². The Morgan fingerprint density at radius 2 is 2.05 bits per heavy atom. The molecule has 0 aliphatic rings. The first-order valence-corrected chi connectivity index (χ1v) is 5.84. The van der Waals surface area contributed by atoms with E-state index in [2.05, 4.69) is 0 Å². The zero-order valence-electron chi connectivity index (χ0n) is 10.7. The molecule has 0 bridgehead atoms. The molecule has 0 fully saturated rings. The van der Waals surface area contributed by atoms with Crippen LogP contribution in [0.1, 0.15) is 34.9 Å². The maximum atomic E-state index is 11.5. The maximum Gasteiger partial charge on any atom is 0.341 e. The molecule has 7 heteroatoms. The van der Waals surface area contributed by atoms with Crippen LogP contribution in [0.2, 0.25) is 0 Å². The van der Waals surface area contributed by atoms with Gasteiger partial charge in [-0.15, -0.1) is 0 Å². The van der Waals surface area contributed by atoms with Gasteiger partial charge in [0.15, 0.2) is 0 Å². The first kappa shape index (κ1) is 15.6. The molecular formula is C12H18O7. The fraction of sp³-hybridized carbons (Fsp3) is 0.583. The summed E-state index contributed by atoms with van der Waals surface area (Å²) in [6.45, 7) is 2.66. The van der Waals surface area contributed by atoms with E-state index in [-0.39, 0.29) is 23.7 Å². The minimum Gasteiger partial charge on any atom is -0.463 e. The zero-order chi connectivity index (χ0) is 14.6. The van der Waals surface area contributed by atoms with Gasteiger partial charge in [-0.3, -0.25) is 0 Å². The molecule has 4 N–H and O–H groups in total. The number of aliphatic hydroxyl groups is 4. The van der Waals surface area contributed by atoms with Gasteiger partial charge in [0, 0.05) is 0 Å². The van der Waals surface area contributed by atoms with Gasteiger partial charge in [0.1, 0.15) is 35.4 Å². The van der Waals surface area contributed by atoms with Gasteiger partial charge in [-0.05, 0) is 19.9 Å². The largest absolute Gasteiger partial charge is 0.463 e. The van der Waals surface area contributed by atoms with Crippen LogP contribution in [0.3, 0.4) is 0 Å². The Hall–Kier alpha value is -1.41. The van der Waals surface area contributed by atoms with Crippen LogP contribution in [0.15, 0.2) is 10.5 Å². The lowest BCUT2D eigenvalue weighted by Crippen LogP contribution is -2.34. The predicted octanol–water partition coefficient (Wildman–Crippen LogP) is -0.488. The first-order valence-electron chi connectivity index (χ1n) is 5.84. The van der Waals surface area contributed by atoms with E-state index in [4.69, 9.17) is 14.3 Å². The number of hydrogen-bond donors (Lipinski definition) is 4. The standard InChI is InChI=1S/C12H18O7/c1-3-18-12(17)7-4-9(19-6(7)2)11(16)10(15)8(14)5-13/h4,8,10-11,13-16H,3,5H2,1-2H3/t8-,10+,11-/m1/s1. The molecule has 0 aromatic carbocycles. The van der Waals surface area contributed by atoms with E-state index in [9.17, 15) is 20.1 Å². The molecule has 0 unspecified atom stereocenters. The van der Waals surface area contributed by atoms with E-state index >= 15 is 0 Å². The quantitative estimate of drug-likeness (QED) is 0.517. The van der Waals surface area contributed by atoms with E-state index < -0.39 is 30.9 Å². The molecule has 3 atom stereocenters. The van der Waals surface area contributed by atoms with Gasteiger partial charge in [-0.1, -0.05) is 0 Å². The number of carbonyl (C=O) groups is 1. The SMILES string of the molecule is CCOC(=O)c1cc([C@@H](O)[C@@H](O)[C@H](O)CO)oc1C. The number of esters is 1. The zero-order valence-corrected chi connectivity index (χ0v) is 10.7. The van der Waals surface area contributed by atoms with Crippen LogP contribution < -0.4 is 0 Å². The van der Waals surface area contributed by atoms with Gasteiger partial charge in [-0.2, -0.15) is 0 Å². The third-order valence-corrected chi connectivity index (χ3v) is 2.63. The van der Waals surface area contributed by atoms with Crippen LogP contribution in [-0.4, -0.2) is 51.8 Å². The molecule has 1 rings (SSSR count). The molecule has 0 saturated carbocycles. The Bertz CT molecular complexity index is 426. The molecule has 1 aromatic rings. The average molecular weight is 274 g/mol. The van der Waals surface area contributed by atoms with Gasteiger partial charge < -0.3 is 29.6 Å². The summed E-state index contributed by atoms with van der Waals surface area (Å²) < 4.78 is 9.95. The fourth-order valence-electron chi connectivity index (χ4n) is 1.55. The van der Waals surface area contributed by atoms with E-state index in [1.54, 1.807) is 6.92 Å². The van der Waals surface area contributed by atoms with Gasteiger partial charge in [0.05, 0.1) is 13.2 Å². The first-order chi connectivity index (χ1) is 8.92. The van der Waals surface area contributed by atoms with E-state index in [0.717, 1.165) is 0 Å². The van der Waals surface area contributed by atoms with Crippen molar-refractivity contribution in [3.8, 4) is 0 Å². The Kier molecular flexibility index (Phi) is 5.49. The van der Waals surface area contributed by atoms with E-state index in [1.165, 1.54) is 13.0 Å². The molecule has 0 radical (unpaired) electrons. The van der Waals surface area contributed by atoms with Crippen molar-refractivity contribution in [1.29, 1.82) is 0 Å².